The van der Waals surface area contributed by atoms with E-state index in [9.17, 15) is 14.7 Å². The van der Waals surface area contributed by atoms with E-state index in [0.29, 0.717) is 31.4 Å². The third-order valence-corrected chi connectivity index (χ3v) is 8.60. The number of hydroxylamine groups is 1. The molecule has 4 heterocycles. The number of hydrogen-bond acceptors (Lipinski definition) is 8. The van der Waals surface area contributed by atoms with Gasteiger partial charge >= 0.3 is 11.9 Å². The average Bonchev–Trinajstić information content (AvgIpc) is 3.58. The molecule has 6 rings (SSSR count). The van der Waals surface area contributed by atoms with Crippen LogP contribution in [0.2, 0.25) is 0 Å². The van der Waals surface area contributed by atoms with Crippen molar-refractivity contribution in [3.05, 3.63) is 28.6 Å². The van der Waals surface area contributed by atoms with E-state index in [1.165, 1.54) is 4.88 Å². The quantitative estimate of drug-likeness (QED) is 0.577. The average molecular weight is 486 g/mol. The van der Waals surface area contributed by atoms with Gasteiger partial charge < -0.3 is 24.0 Å². The van der Waals surface area contributed by atoms with Crippen LogP contribution in [-0.4, -0.2) is 52.3 Å². The molecule has 180 valence electrons. The van der Waals surface area contributed by atoms with Crippen LogP contribution < -0.4 is 5.48 Å². The second-order valence-electron chi connectivity index (χ2n) is 10.3. The van der Waals surface area contributed by atoms with Crippen LogP contribution in [0.15, 0.2) is 23.0 Å². The fraction of sp³-hybridized carbons (Fsp3) is 0.583. The number of aliphatic imine (C=N–C) groups is 1. The fourth-order valence-electron chi connectivity index (χ4n) is 5.39. The number of amidine groups is 1. The Labute approximate surface area is 200 Å². The highest BCUT2D eigenvalue weighted by molar-refractivity contribution is 7.18. The number of aromatic carboxylic acids is 1. The van der Waals surface area contributed by atoms with Gasteiger partial charge in [0, 0.05) is 22.8 Å². The lowest BCUT2D eigenvalue weighted by molar-refractivity contribution is -0.0588. The van der Waals surface area contributed by atoms with E-state index in [4.69, 9.17) is 14.3 Å². The Bertz CT molecular complexity index is 1250. The minimum Gasteiger partial charge on any atom is -0.477 e. The van der Waals surface area contributed by atoms with E-state index in [1.54, 1.807) is 23.3 Å². The Hall–Kier alpha value is -2.65. The first-order valence-corrected chi connectivity index (χ1v) is 12.5. The van der Waals surface area contributed by atoms with Crippen molar-refractivity contribution < 1.29 is 29.0 Å². The lowest BCUT2D eigenvalue weighted by Crippen LogP contribution is -2.39. The van der Waals surface area contributed by atoms with Crippen molar-refractivity contribution in [1.82, 2.24) is 10.0 Å². The number of carboxylic acid groups (broad SMARTS) is 1. The van der Waals surface area contributed by atoms with Gasteiger partial charge in [-0.15, -0.1) is 11.3 Å². The molecule has 0 spiro atoms. The molecular formula is C24H27N3O6S. The van der Waals surface area contributed by atoms with Gasteiger partial charge in [0.05, 0.1) is 18.3 Å². The highest BCUT2D eigenvalue weighted by Crippen LogP contribution is 2.56. The standard InChI is InChI=1S/C24H27N3O6S/c1-23(2)9-13(5-6-32-23)18-8-14-7-17(21(29)30)27(20(14)34-18)24(22-25-19(11-28)33-26-22)10-15(24)12-31-16-3-4-16/h7-8,13,15-16H,3-6,9-10,12H2,1-2H3,(H,25,26)(H,29,30)/t13-,15+,24-/m0/s1. The minimum atomic E-state index is -1.00. The first-order chi connectivity index (χ1) is 16.3. The highest BCUT2D eigenvalue weighted by Gasteiger charge is 2.63. The maximum atomic E-state index is 12.3. The third-order valence-electron chi connectivity index (χ3n) is 7.30. The van der Waals surface area contributed by atoms with Crippen LogP contribution in [0.1, 0.15) is 67.2 Å². The minimum absolute atomic E-state index is 0.00946. The van der Waals surface area contributed by atoms with Crippen molar-refractivity contribution in [2.24, 2.45) is 10.9 Å². The number of aromatic nitrogens is 1. The maximum Gasteiger partial charge on any atom is 0.352 e. The number of nitrogens with zero attached hydrogens (tertiary/aromatic N) is 2. The van der Waals surface area contributed by atoms with Crippen molar-refractivity contribution in [2.45, 2.75) is 69.1 Å². The molecule has 0 bridgehead atoms. The predicted molar refractivity (Wildman–Crippen MR) is 125 cm³/mol. The number of carboxylic acids is 1. The molecule has 2 N–H and O–H groups in total. The Morgan fingerprint density at radius 3 is 2.85 bits per heavy atom. The van der Waals surface area contributed by atoms with Crippen molar-refractivity contribution in [2.75, 3.05) is 13.2 Å². The molecule has 2 aliphatic heterocycles. The summed E-state index contributed by atoms with van der Waals surface area (Å²) in [4.78, 5) is 35.1. The summed E-state index contributed by atoms with van der Waals surface area (Å²) in [6, 6.07) is 3.87. The summed E-state index contributed by atoms with van der Waals surface area (Å²) in [6.07, 6.45) is 4.90. The summed E-state index contributed by atoms with van der Waals surface area (Å²) in [5, 5.41) is 11.0. The molecule has 2 saturated carbocycles. The van der Waals surface area contributed by atoms with Crippen LogP contribution in [0.25, 0.3) is 10.2 Å². The summed E-state index contributed by atoms with van der Waals surface area (Å²) in [5.41, 5.74) is 2.00. The fourth-order valence-corrected chi connectivity index (χ4v) is 6.75. The second kappa shape index (κ2) is 7.68. The number of fused-ring (bicyclic) bond motifs is 1. The smallest absolute Gasteiger partial charge is 0.352 e. The van der Waals surface area contributed by atoms with Crippen LogP contribution in [0.3, 0.4) is 0 Å². The largest absolute Gasteiger partial charge is 0.477 e. The first-order valence-electron chi connectivity index (χ1n) is 11.7. The Morgan fingerprint density at radius 2 is 2.18 bits per heavy atom. The van der Waals surface area contributed by atoms with Crippen LogP contribution in [0, 0.1) is 5.92 Å². The predicted octanol–water partition coefficient (Wildman–Crippen LogP) is 3.57. The monoisotopic (exact) mass is 485 g/mol. The first kappa shape index (κ1) is 21.9. The topological polar surface area (TPSA) is 111 Å². The third kappa shape index (κ3) is 3.56. The summed E-state index contributed by atoms with van der Waals surface area (Å²) < 4.78 is 13.8. The number of hydrogen-bond donors (Lipinski definition) is 2. The van der Waals surface area contributed by atoms with Crippen LogP contribution in [0.4, 0.5) is 0 Å². The van der Waals surface area contributed by atoms with Crippen molar-refractivity contribution in [3.63, 3.8) is 0 Å². The van der Waals surface area contributed by atoms with E-state index in [2.05, 4.69) is 30.4 Å². The van der Waals surface area contributed by atoms with E-state index >= 15 is 0 Å². The zero-order valence-electron chi connectivity index (χ0n) is 19.1. The van der Waals surface area contributed by atoms with Crippen molar-refractivity contribution in [1.29, 1.82) is 0 Å². The number of thiophene rings is 1. The Morgan fingerprint density at radius 1 is 1.35 bits per heavy atom. The molecule has 0 aromatic carbocycles. The number of rotatable bonds is 7. The lowest BCUT2D eigenvalue weighted by atomic mass is 9.87. The van der Waals surface area contributed by atoms with E-state index < -0.39 is 11.5 Å². The highest BCUT2D eigenvalue weighted by atomic mass is 32.1. The van der Waals surface area contributed by atoms with Crippen molar-refractivity contribution >= 4 is 39.3 Å². The molecule has 0 amide bonds. The van der Waals surface area contributed by atoms with Gasteiger partial charge in [-0.2, -0.15) is 4.99 Å². The summed E-state index contributed by atoms with van der Waals surface area (Å²) >= 11 is 1.64. The number of nitrogens with one attached hydrogen (secondary N) is 1. The number of carbonyl (C=O) groups excluding carboxylic acids is 1. The van der Waals surface area contributed by atoms with Crippen LogP contribution >= 0.6 is 11.3 Å². The van der Waals surface area contributed by atoms with E-state index in [1.807, 2.05) is 4.57 Å². The SMILES string of the molecule is CC1(C)C[C@@H](c2cc3cc(C(=O)O)n([C@@]4(C5=NC(=C=O)ON5)C[C@@H]4COC4CC4)c3s2)CCO1. The molecule has 0 radical (unpaired) electrons. The zero-order valence-corrected chi connectivity index (χ0v) is 19.9. The van der Waals surface area contributed by atoms with E-state index in [0.717, 1.165) is 35.9 Å². The van der Waals surface area contributed by atoms with E-state index in [-0.39, 0.29) is 29.2 Å². The van der Waals surface area contributed by atoms with Crippen LogP contribution in [0.5, 0.6) is 0 Å². The molecule has 34 heavy (non-hydrogen) atoms. The molecule has 1 saturated heterocycles. The Balaban J connectivity index is 1.44. The van der Waals surface area contributed by atoms with Gasteiger partial charge in [-0.05, 0) is 64.0 Å². The summed E-state index contributed by atoms with van der Waals surface area (Å²) in [6.45, 7) is 5.43. The van der Waals surface area contributed by atoms with Gasteiger partial charge in [-0.25, -0.2) is 15.1 Å². The molecule has 2 aromatic rings. The molecule has 3 fully saturated rings. The number of ether oxygens (including phenoxy) is 2. The number of carbonyl (C=O) groups is 1. The van der Waals surface area contributed by atoms with Gasteiger partial charge in [0.25, 0.3) is 0 Å². The second-order valence-corrected chi connectivity index (χ2v) is 11.4. The van der Waals surface area contributed by atoms with Crippen molar-refractivity contribution in [3.8, 4) is 0 Å². The van der Waals surface area contributed by atoms with Gasteiger partial charge in [0.15, 0.2) is 11.8 Å². The molecule has 9 nitrogen and oxygen atoms in total. The van der Waals surface area contributed by atoms with Gasteiger partial charge in [0.2, 0.25) is 0 Å². The molecule has 2 aromatic heterocycles. The molecule has 0 unspecified atom stereocenters. The molecule has 4 aliphatic rings. The lowest BCUT2D eigenvalue weighted by Gasteiger charge is -2.35. The molecular weight excluding hydrogens is 458 g/mol. The molecule has 2 aliphatic carbocycles. The summed E-state index contributed by atoms with van der Waals surface area (Å²) in [5.74, 6) is 1.29. The van der Waals surface area contributed by atoms with Gasteiger partial charge in [-0.3, -0.25) is 0 Å². The van der Waals surface area contributed by atoms with Crippen LogP contribution in [-0.2, 0) is 24.6 Å². The summed E-state index contributed by atoms with van der Waals surface area (Å²) in [7, 11) is 0. The van der Waals surface area contributed by atoms with Gasteiger partial charge in [-0.1, -0.05) is 0 Å². The molecule has 3 atom stereocenters. The zero-order chi connectivity index (χ0) is 23.7. The maximum absolute atomic E-state index is 12.3. The normalized spacial score (nSPS) is 29.9. The molecule has 10 heteroatoms. The van der Waals surface area contributed by atoms with Gasteiger partial charge in [0.1, 0.15) is 16.1 Å². The Kier molecular flexibility index (Phi) is 4.94.